The van der Waals surface area contributed by atoms with Crippen LogP contribution in [0.2, 0.25) is 5.02 Å². The molecule has 1 aromatic carbocycles. The Bertz CT molecular complexity index is 842. The van der Waals surface area contributed by atoms with Crippen LogP contribution in [-0.4, -0.2) is 38.6 Å². The van der Waals surface area contributed by atoms with E-state index in [-0.39, 0.29) is 26.9 Å². The van der Waals surface area contributed by atoms with Crippen LogP contribution >= 0.6 is 11.6 Å². The van der Waals surface area contributed by atoms with Crippen molar-refractivity contribution in [1.29, 1.82) is 0 Å². The molecule has 0 bridgehead atoms. The fourth-order valence-electron chi connectivity index (χ4n) is 2.42. The summed E-state index contributed by atoms with van der Waals surface area (Å²) >= 11 is 5.89. The number of carbonyl (C=O) groups excluding carboxylic acids is 1. The summed E-state index contributed by atoms with van der Waals surface area (Å²) in [5.74, 6) is -1.15. The molecule has 0 unspecified atom stereocenters. The van der Waals surface area contributed by atoms with Crippen molar-refractivity contribution in [2.24, 2.45) is 5.10 Å². The highest BCUT2D eigenvalue weighted by Gasteiger charge is 2.63. The number of pyridine rings is 1. The number of aliphatic hydroxyl groups is 1. The topological polar surface area (TPSA) is 65.8 Å². The van der Waals surface area contributed by atoms with Crippen LogP contribution < -0.4 is 0 Å². The zero-order chi connectivity index (χ0) is 18.2. The molecule has 2 heterocycles. The number of halogens is 4. The molecule has 0 fully saturated rings. The van der Waals surface area contributed by atoms with Gasteiger partial charge in [0, 0.05) is 18.0 Å². The summed E-state index contributed by atoms with van der Waals surface area (Å²) in [6.07, 6.45) is -3.27. The molecular formula is C16H11ClF3N3O2. The molecule has 1 aliphatic rings. The Morgan fingerprint density at radius 3 is 2.56 bits per heavy atom. The van der Waals surface area contributed by atoms with Crippen molar-refractivity contribution in [3.8, 4) is 0 Å². The van der Waals surface area contributed by atoms with Crippen LogP contribution in [0.5, 0.6) is 0 Å². The van der Waals surface area contributed by atoms with Gasteiger partial charge in [-0.05, 0) is 18.2 Å². The smallest absolute Gasteiger partial charge is 0.362 e. The zero-order valence-electron chi connectivity index (χ0n) is 12.5. The van der Waals surface area contributed by atoms with Crippen LogP contribution in [0.15, 0.2) is 53.9 Å². The molecule has 0 saturated heterocycles. The van der Waals surface area contributed by atoms with E-state index in [1.165, 1.54) is 48.8 Å². The van der Waals surface area contributed by atoms with Crippen LogP contribution in [0.3, 0.4) is 0 Å². The lowest BCUT2D eigenvalue weighted by molar-refractivity contribution is -0.297. The Morgan fingerprint density at radius 2 is 1.96 bits per heavy atom. The van der Waals surface area contributed by atoms with Crippen molar-refractivity contribution in [2.45, 2.75) is 18.3 Å². The first kappa shape index (κ1) is 17.4. The second-order valence-electron chi connectivity index (χ2n) is 5.38. The molecule has 1 atom stereocenters. The van der Waals surface area contributed by atoms with E-state index in [4.69, 9.17) is 11.6 Å². The second kappa shape index (κ2) is 6.12. The number of aromatic nitrogens is 1. The summed E-state index contributed by atoms with van der Waals surface area (Å²) < 4.78 is 40.5. The molecule has 3 rings (SSSR count). The monoisotopic (exact) mass is 369 g/mol. The van der Waals surface area contributed by atoms with Crippen LogP contribution in [-0.2, 0) is 0 Å². The molecule has 1 N–H and O–H groups in total. The van der Waals surface area contributed by atoms with E-state index in [1.807, 2.05) is 0 Å². The third kappa shape index (κ3) is 2.98. The molecule has 130 valence electrons. The molecule has 25 heavy (non-hydrogen) atoms. The number of nitrogens with zero attached hydrogens (tertiary/aromatic N) is 3. The van der Waals surface area contributed by atoms with E-state index in [0.717, 1.165) is 0 Å². The minimum Gasteiger partial charge on any atom is -0.362 e. The SMILES string of the molecule is O=C(c1ccccc1Cl)N1N=C(c2cccnc2)C[C@]1(O)C(F)(F)F. The maximum absolute atomic E-state index is 13.5. The first-order valence-corrected chi connectivity index (χ1v) is 7.48. The fraction of sp³-hybridized carbons (Fsp3) is 0.188. The van der Waals surface area contributed by atoms with Gasteiger partial charge in [-0.15, -0.1) is 0 Å². The van der Waals surface area contributed by atoms with Gasteiger partial charge in [-0.3, -0.25) is 9.78 Å². The number of carbonyl (C=O) groups is 1. The molecule has 1 aliphatic heterocycles. The van der Waals surface area contributed by atoms with E-state index in [0.29, 0.717) is 0 Å². The fourth-order valence-corrected chi connectivity index (χ4v) is 2.64. The van der Waals surface area contributed by atoms with Gasteiger partial charge in [0.1, 0.15) is 0 Å². The lowest BCUT2D eigenvalue weighted by atomic mass is 10.0. The van der Waals surface area contributed by atoms with E-state index in [2.05, 4.69) is 10.1 Å². The molecular weight excluding hydrogens is 359 g/mol. The minimum atomic E-state index is -5.11. The van der Waals surface area contributed by atoms with Gasteiger partial charge in [-0.25, -0.2) is 0 Å². The number of hydrazone groups is 1. The Kier molecular flexibility index (Phi) is 4.26. The lowest BCUT2D eigenvalue weighted by Gasteiger charge is -2.32. The molecule has 0 radical (unpaired) electrons. The van der Waals surface area contributed by atoms with Crippen LogP contribution in [0.4, 0.5) is 13.2 Å². The van der Waals surface area contributed by atoms with Crippen molar-refractivity contribution < 1.29 is 23.1 Å². The minimum absolute atomic E-state index is 0.0382. The van der Waals surface area contributed by atoms with Gasteiger partial charge < -0.3 is 5.11 Å². The third-order valence-corrected chi connectivity index (χ3v) is 4.06. The quantitative estimate of drug-likeness (QED) is 0.883. The summed E-state index contributed by atoms with van der Waals surface area (Å²) in [7, 11) is 0. The van der Waals surface area contributed by atoms with Crippen molar-refractivity contribution in [2.75, 3.05) is 0 Å². The largest absolute Gasteiger partial charge is 0.438 e. The van der Waals surface area contributed by atoms with Gasteiger partial charge >= 0.3 is 6.18 Å². The van der Waals surface area contributed by atoms with Crippen molar-refractivity contribution in [3.05, 3.63) is 64.9 Å². The second-order valence-corrected chi connectivity index (χ2v) is 5.78. The van der Waals surface area contributed by atoms with Crippen LogP contribution in [0.1, 0.15) is 22.3 Å². The highest BCUT2D eigenvalue weighted by atomic mass is 35.5. The summed E-state index contributed by atoms with van der Waals surface area (Å²) in [6, 6.07) is 8.62. The van der Waals surface area contributed by atoms with Gasteiger partial charge in [-0.2, -0.15) is 23.3 Å². The number of rotatable bonds is 2. The number of alkyl halides is 3. The molecule has 0 aliphatic carbocycles. The summed E-state index contributed by atoms with van der Waals surface area (Å²) in [5, 5.41) is 14.0. The normalized spacial score (nSPS) is 20.5. The maximum atomic E-state index is 13.5. The average Bonchev–Trinajstić information content (AvgIpc) is 2.94. The first-order chi connectivity index (χ1) is 11.7. The first-order valence-electron chi connectivity index (χ1n) is 7.10. The van der Waals surface area contributed by atoms with Gasteiger partial charge in [0.25, 0.3) is 11.6 Å². The maximum Gasteiger partial charge on any atom is 0.438 e. The van der Waals surface area contributed by atoms with E-state index < -0.39 is 24.2 Å². The molecule has 2 aromatic rings. The summed E-state index contributed by atoms with van der Waals surface area (Å²) in [5.41, 5.74) is -3.48. The highest BCUT2D eigenvalue weighted by Crippen LogP contribution is 2.42. The number of hydrogen-bond donors (Lipinski definition) is 1. The van der Waals surface area contributed by atoms with E-state index in [9.17, 15) is 23.1 Å². The number of hydrogen-bond acceptors (Lipinski definition) is 4. The summed E-state index contributed by atoms with van der Waals surface area (Å²) in [4.78, 5) is 16.4. The van der Waals surface area contributed by atoms with E-state index in [1.54, 1.807) is 0 Å². The Labute approximate surface area is 145 Å². The van der Waals surface area contributed by atoms with Crippen molar-refractivity contribution >= 4 is 23.2 Å². The lowest BCUT2D eigenvalue weighted by Crippen LogP contribution is -2.56. The van der Waals surface area contributed by atoms with Crippen LogP contribution in [0.25, 0.3) is 0 Å². The molecule has 9 heteroatoms. The predicted octanol–water partition coefficient (Wildman–Crippen LogP) is 3.24. The van der Waals surface area contributed by atoms with Crippen LogP contribution in [0, 0.1) is 0 Å². The van der Waals surface area contributed by atoms with Crippen molar-refractivity contribution in [3.63, 3.8) is 0 Å². The van der Waals surface area contributed by atoms with E-state index >= 15 is 0 Å². The number of benzene rings is 1. The Morgan fingerprint density at radius 1 is 1.24 bits per heavy atom. The predicted molar refractivity (Wildman–Crippen MR) is 84.0 cm³/mol. The number of amides is 1. The Balaban J connectivity index is 2.08. The highest BCUT2D eigenvalue weighted by molar-refractivity contribution is 6.33. The van der Waals surface area contributed by atoms with Crippen molar-refractivity contribution in [1.82, 2.24) is 9.99 Å². The summed E-state index contributed by atoms with van der Waals surface area (Å²) in [6.45, 7) is 0. The molecule has 1 aromatic heterocycles. The average molecular weight is 370 g/mol. The Hall–Kier alpha value is -2.45. The van der Waals surface area contributed by atoms with Gasteiger partial charge in [0.05, 0.1) is 22.7 Å². The standard InChI is InChI=1S/C16H11ClF3N3O2/c17-12-6-2-1-5-11(12)14(24)23-15(25,16(18,19)20)8-13(22-23)10-4-3-7-21-9-10/h1-7,9,25H,8H2/t15-/m0/s1. The molecule has 5 nitrogen and oxygen atoms in total. The molecule has 1 amide bonds. The molecule has 0 saturated carbocycles. The molecule has 0 spiro atoms. The van der Waals surface area contributed by atoms with Gasteiger partial charge in [-0.1, -0.05) is 29.8 Å². The zero-order valence-corrected chi connectivity index (χ0v) is 13.3. The van der Waals surface area contributed by atoms with Gasteiger partial charge in [0.2, 0.25) is 0 Å². The van der Waals surface area contributed by atoms with Gasteiger partial charge in [0.15, 0.2) is 0 Å². The third-order valence-electron chi connectivity index (χ3n) is 3.73.